The molecule has 0 amide bonds. The Labute approximate surface area is 160 Å². The zero-order chi connectivity index (χ0) is 20.4. The highest BCUT2D eigenvalue weighted by Gasteiger charge is 2.15. The highest BCUT2D eigenvalue weighted by Crippen LogP contribution is 2.19. The number of fused-ring (bicyclic) bond motifs is 1. The van der Waals surface area contributed by atoms with Crippen molar-refractivity contribution in [1.29, 1.82) is 0 Å². The number of ether oxygens (including phenoxy) is 1. The zero-order valence-corrected chi connectivity index (χ0v) is 16.7. The van der Waals surface area contributed by atoms with Gasteiger partial charge in [-0.15, -0.1) is 0 Å². The number of hydrogen-bond acceptors (Lipinski definition) is 5. The predicted molar refractivity (Wildman–Crippen MR) is 109 cm³/mol. The molecule has 6 heteroatoms. The monoisotopic (exact) mass is 374 g/mol. The number of carbonyl (C=O) groups is 2. The van der Waals surface area contributed by atoms with Crippen LogP contribution in [0, 0.1) is 5.92 Å². The minimum absolute atomic E-state index is 0.266. The second-order valence-electron chi connectivity index (χ2n) is 6.76. The van der Waals surface area contributed by atoms with Crippen molar-refractivity contribution in [2.24, 2.45) is 5.92 Å². The summed E-state index contributed by atoms with van der Waals surface area (Å²) < 4.78 is 4.67. The minimum Gasteiger partial charge on any atom is -0.480 e. The predicted octanol–water partition coefficient (Wildman–Crippen LogP) is 3.52. The summed E-state index contributed by atoms with van der Waals surface area (Å²) in [6.45, 7) is 5.79. The van der Waals surface area contributed by atoms with Crippen molar-refractivity contribution < 1.29 is 19.4 Å². The molecule has 148 valence electrons. The smallest absolute Gasteiger partial charge is 0.327 e. The lowest BCUT2D eigenvalue weighted by Crippen LogP contribution is -2.34. The summed E-state index contributed by atoms with van der Waals surface area (Å²) in [5, 5.41) is 16.7. The quantitative estimate of drug-likeness (QED) is 0.643. The zero-order valence-electron chi connectivity index (χ0n) is 16.7. The first-order valence-corrected chi connectivity index (χ1v) is 9.01. The molecular formula is C21H30N2O4. The van der Waals surface area contributed by atoms with Crippen molar-refractivity contribution in [1.82, 2.24) is 5.32 Å². The molecule has 0 aliphatic rings. The number of hydrogen-bond donors (Lipinski definition) is 3. The Kier molecular flexibility index (Phi) is 9.30. The average Bonchev–Trinajstić information content (AvgIpc) is 2.65. The van der Waals surface area contributed by atoms with Gasteiger partial charge in [-0.2, -0.15) is 0 Å². The third-order valence-corrected chi connectivity index (χ3v) is 4.04. The van der Waals surface area contributed by atoms with Crippen LogP contribution in [0.1, 0.15) is 27.2 Å². The van der Waals surface area contributed by atoms with Crippen molar-refractivity contribution in [2.45, 2.75) is 39.3 Å². The number of carboxylic acid groups (broad SMARTS) is 1. The number of anilines is 1. The Morgan fingerprint density at radius 2 is 1.70 bits per heavy atom. The van der Waals surface area contributed by atoms with E-state index < -0.39 is 5.97 Å². The summed E-state index contributed by atoms with van der Waals surface area (Å²) in [5.74, 6) is -0.608. The molecule has 2 aromatic carbocycles. The van der Waals surface area contributed by atoms with Gasteiger partial charge in [0.25, 0.3) is 0 Å². The lowest BCUT2D eigenvalue weighted by molar-refractivity contribution is -0.141. The molecule has 27 heavy (non-hydrogen) atoms. The highest BCUT2D eigenvalue weighted by molar-refractivity contribution is 5.87. The molecule has 2 atom stereocenters. The Bertz CT molecular complexity index is 746. The van der Waals surface area contributed by atoms with Gasteiger partial charge in [-0.3, -0.25) is 4.79 Å². The van der Waals surface area contributed by atoms with Crippen LogP contribution in [0.3, 0.4) is 0 Å². The fraction of sp³-hybridized carbons (Fsp3) is 0.429. The van der Waals surface area contributed by atoms with Gasteiger partial charge in [-0.25, -0.2) is 4.79 Å². The molecule has 0 aliphatic carbocycles. The van der Waals surface area contributed by atoms with Crippen LogP contribution in [0.25, 0.3) is 10.8 Å². The third-order valence-electron chi connectivity index (χ3n) is 4.04. The van der Waals surface area contributed by atoms with Crippen LogP contribution in [0.4, 0.5) is 5.69 Å². The molecule has 2 aromatic rings. The molecule has 2 rings (SSSR count). The number of rotatable bonds is 7. The van der Waals surface area contributed by atoms with Gasteiger partial charge in [0.1, 0.15) is 12.1 Å². The minimum atomic E-state index is -0.767. The van der Waals surface area contributed by atoms with Gasteiger partial charge < -0.3 is 20.5 Å². The van der Waals surface area contributed by atoms with E-state index in [0.717, 1.165) is 11.1 Å². The average molecular weight is 374 g/mol. The van der Waals surface area contributed by atoms with Crippen LogP contribution in [0.2, 0.25) is 0 Å². The number of aliphatic carboxylic acids is 1. The topological polar surface area (TPSA) is 87.7 Å². The van der Waals surface area contributed by atoms with E-state index >= 15 is 0 Å². The fourth-order valence-electron chi connectivity index (χ4n) is 2.58. The van der Waals surface area contributed by atoms with Crippen molar-refractivity contribution in [3.05, 3.63) is 42.5 Å². The SMILES string of the molecule is CNC(CC(C)C)C(=O)O.COC(=O)C(C)Nc1ccc2ccccc2c1. The Morgan fingerprint density at radius 3 is 2.19 bits per heavy atom. The van der Waals surface area contributed by atoms with Crippen LogP contribution < -0.4 is 10.6 Å². The van der Waals surface area contributed by atoms with Crippen LogP contribution in [0.15, 0.2) is 42.5 Å². The Morgan fingerprint density at radius 1 is 1.07 bits per heavy atom. The molecule has 0 saturated heterocycles. The maximum atomic E-state index is 11.3. The van der Waals surface area contributed by atoms with Gasteiger partial charge in [0.15, 0.2) is 0 Å². The summed E-state index contributed by atoms with van der Waals surface area (Å²) >= 11 is 0. The first-order chi connectivity index (χ1) is 12.8. The highest BCUT2D eigenvalue weighted by atomic mass is 16.5. The van der Waals surface area contributed by atoms with E-state index in [2.05, 4.69) is 21.4 Å². The van der Waals surface area contributed by atoms with Crippen LogP contribution in [0.5, 0.6) is 0 Å². The molecule has 0 saturated carbocycles. The Hall–Kier alpha value is -2.60. The van der Waals surface area contributed by atoms with Gasteiger partial charge in [-0.05, 0) is 49.2 Å². The van der Waals surface area contributed by atoms with Crippen LogP contribution >= 0.6 is 0 Å². The Balaban J connectivity index is 0.000000314. The molecule has 0 bridgehead atoms. The van der Waals surface area contributed by atoms with Crippen molar-refractivity contribution in [3.63, 3.8) is 0 Å². The van der Waals surface area contributed by atoms with Crippen LogP contribution in [-0.2, 0) is 14.3 Å². The van der Waals surface area contributed by atoms with Gasteiger partial charge in [-0.1, -0.05) is 44.2 Å². The van der Waals surface area contributed by atoms with E-state index in [1.165, 1.54) is 12.5 Å². The van der Waals surface area contributed by atoms with E-state index in [9.17, 15) is 9.59 Å². The van der Waals surface area contributed by atoms with E-state index in [-0.39, 0.29) is 18.1 Å². The number of esters is 1. The first kappa shape index (κ1) is 22.4. The molecule has 0 fully saturated rings. The van der Waals surface area contributed by atoms with E-state index in [1.54, 1.807) is 14.0 Å². The summed E-state index contributed by atoms with van der Waals surface area (Å²) in [7, 11) is 3.06. The van der Waals surface area contributed by atoms with Crippen molar-refractivity contribution >= 4 is 28.4 Å². The number of carbonyl (C=O) groups excluding carboxylic acids is 1. The summed E-state index contributed by atoms with van der Waals surface area (Å²) in [4.78, 5) is 21.7. The van der Waals surface area contributed by atoms with Crippen molar-refractivity contribution in [3.8, 4) is 0 Å². The van der Waals surface area contributed by atoms with Crippen molar-refractivity contribution in [2.75, 3.05) is 19.5 Å². The van der Waals surface area contributed by atoms with Crippen LogP contribution in [-0.4, -0.2) is 43.3 Å². The maximum Gasteiger partial charge on any atom is 0.327 e. The summed E-state index contributed by atoms with van der Waals surface area (Å²) in [5.41, 5.74) is 0.918. The number of carboxylic acids is 1. The summed E-state index contributed by atoms with van der Waals surface area (Å²) in [6, 6.07) is 13.4. The molecule has 6 nitrogen and oxygen atoms in total. The standard InChI is InChI=1S/C14H15NO2.C7H15NO2/c1-10(14(16)17-2)15-13-8-7-11-5-3-4-6-12(11)9-13;1-5(2)4-6(8-3)7(9)10/h3-10,15H,1-2H3;5-6,8H,4H2,1-3H3,(H,9,10). The molecule has 0 aromatic heterocycles. The summed E-state index contributed by atoms with van der Waals surface area (Å²) in [6.07, 6.45) is 0.686. The van der Waals surface area contributed by atoms with E-state index in [0.29, 0.717) is 12.3 Å². The van der Waals surface area contributed by atoms with Gasteiger partial charge in [0.2, 0.25) is 0 Å². The molecule has 3 N–H and O–H groups in total. The third kappa shape index (κ3) is 7.66. The van der Waals surface area contributed by atoms with E-state index in [1.807, 2.05) is 50.2 Å². The first-order valence-electron chi connectivity index (χ1n) is 9.01. The maximum absolute atomic E-state index is 11.3. The fourth-order valence-corrected chi connectivity index (χ4v) is 2.58. The van der Waals surface area contributed by atoms with Gasteiger partial charge in [0, 0.05) is 5.69 Å². The molecule has 0 aliphatic heterocycles. The number of benzene rings is 2. The molecule has 0 radical (unpaired) electrons. The van der Waals surface area contributed by atoms with Gasteiger partial charge in [0.05, 0.1) is 7.11 Å². The van der Waals surface area contributed by atoms with Gasteiger partial charge >= 0.3 is 11.9 Å². The molecule has 2 unspecified atom stereocenters. The second kappa shape index (κ2) is 11.2. The molecule has 0 heterocycles. The lowest BCUT2D eigenvalue weighted by atomic mass is 10.0. The molecule has 0 spiro atoms. The number of methoxy groups -OCH3 is 1. The number of nitrogens with one attached hydrogen (secondary N) is 2. The second-order valence-corrected chi connectivity index (χ2v) is 6.76. The largest absolute Gasteiger partial charge is 0.480 e. The normalized spacial score (nSPS) is 12.7. The molecular weight excluding hydrogens is 344 g/mol. The number of likely N-dealkylation sites (N-methyl/N-ethyl adjacent to an activating group) is 1. The lowest BCUT2D eigenvalue weighted by Gasteiger charge is -2.13. The van der Waals surface area contributed by atoms with E-state index in [4.69, 9.17) is 5.11 Å².